The number of nitrogens with zero attached hydrogens (tertiary/aromatic N) is 1. The molecule has 1 heterocycles. The molecule has 1 aromatic rings. The van der Waals surface area contributed by atoms with Crippen LogP contribution in [0, 0.1) is 5.41 Å². The molecular weight excluding hydrogens is 307 g/mol. The van der Waals surface area contributed by atoms with Gasteiger partial charge in [-0.3, -0.25) is 9.69 Å². The fourth-order valence-corrected chi connectivity index (χ4v) is 3.57. The summed E-state index contributed by atoms with van der Waals surface area (Å²) in [6.07, 6.45) is 3.06. The van der Waals surface area contributed by atoms with Gasteiger partial charge in [0.25, 0.3) is 0 Å². The third-order valence-electron chi connectivity index (χ3n) is 4.55. The maximum atomic E-state index is 12.3. The van der Waals surface area contributed by atoms with Gasteiger partial charge in [0.2, 0.25) is 5.91 Å². The van der Waals surface area contributed by atoms with Gasteiger partial charge in [-0.05, 0) is 57.0 Å². The van der Waals surface area contributed by atoms with Gasteiger partial charge in [0, 0.05) is 12.2 Å². The van der Waals surface area contributed by atoms with Gasteiger partial charge in [-0.15, -0.1) is 23.2 Å². The summed E-state index contributed by atoms with van der Waals surface area (Å²) in [6, 6.07) is 8.01. The number of likely N-dealkylation sites (tertiary alicyclic amines) is 1. The lowest BCUT2D eigenvalue weighted by Gasteiger charge is -2.16. The van der Waals surface area contributed by atoms with E-state index in [4.69, 9.17) is 23.2 Å². The number of amides is 1. The number of hydrogen-bond acceptors (Lipinski definition) is 2. The first-order chi connectivity index (χ1) is 9.91. The predicted octanol–water partition coefficient (Wildman–Crippen LogP) is 3.80. The molecule has 1 N–H and O–H groups in total. The van der Waals surface area contributed by atoms with Crippen molar-refractivity contribution in [3.05, 3.63) is 29.8 Å². The van der Waals surface area contributed by atoms with Crippen molar-refractivity contribution in [3.8, 4) is 0 Å². The summed E-state index contributed by atoms with van der Waals surface area (Å²) in [4.78, 5) is 14.7. The van der Waals surface area contributed by atoms with Crippen LogP contribution in [0.15, 0.2) is 24.3 Å². The molecule has 3 nitrogen and oxygen atoms in total. The number of anilines is 1. The monoisotopic (exact) mass is 326 g/mol. The van der Waals surface area contributed by atoms with Crippen LogP contribution < -0.4 is 5.32 Å². The van der Waals surface area contributed by atoms with Gasteiger partial charge in [0.05, 0.1) is 5.41 Å². The van der Waals surface area contributed by atoms with Crippen LogP contribution in [0.4, 0.5) is 5.69 Å². The zero-order valence-electron chi connectivity index (χ0n) is 12.2. The van der Waals surface area contributed by atoms with Gasteiger partial charge in [-0.1, -0.05) is 12.1 Å². The van der Waals surface area contributed by atoms with E-state index in [1.54, 1.807) is 6.92 Å². The highest BCUT2D eigenvalue weighted by molar-refractivity contribution is 6.53. The Morgan fingerprint density at radius 1 is 1.33 bits per heavy atom. The van der Waals surface area contributed by atoms with E-state index in [0.29, 0.717) is 6.42 Å². The van der Waals surface area contributed by atoms with E-state index in [1.807, 2.05) is 18.2 Å². The van der Waals surface area contributed by atoms with Gasteiger partial charge < -0.3 is 5.32 Å². The highest BCUT2D eigenvalue weighted by Crippen LogP contribution is 2.64. The Balaban J connectivity index is 1.65. The molecule has 1 aliphatic carbocycles. The first kappa shape index (κ1) is 15.1. The third-order valence-corrected chi connectivity index (χ3v) is 5.65. The molecular formula is C16H20Cl2N2O. The Hall–Kier alpha value is -0.770. The van der Waals surface area contributed by atoms with Crippen LogP contribution in [-0.2, 0) is 11.3 Å². The van der Waals surface area contributed by atoms with Crippen molar-refractivity contribution in [1.82, 2.24) is 4.90 Å². The lowest BCUT2D eigenvalue weighted by Crippen LogP contribution is -2.26. The molecule has 1 aliphatic heterocycles. The average molecular weight is 327 g/mol. The second kappa shape index (κ2) is 5.45. The Bertz CT molecular complexity index is 555. The summed E-state index contributed by atoms with van der Waals surface area (Å²) in [5.41, 5.74) is 1.36. The molecule has 2 aliphatic rings. The van der Waals surface area contributed by atoms with Crippen LogP contribution in [0.2, 0.25) is 0 Å². The van der Waals surface area contributed by atoms with Gasteiger partial charge in [0.15, 0.2) is 0 Å². The molecule has 3 rings (SSSR count). The molecule has 1 amide bonds. The zero-order valence-corrected chi connectivity index (χ0v) is 13.7. The lowest BCUT2D eigenvalue weighted by molar-refractivity contribution is -0.120. The molecule has 1 saturated carbocycles. The fourth-order valence-electron chi connectivity index (χ4n) is 2.86. The smallest absolute Gasteiger partial charge is 0.233 e. The SMILES string of the molecule is CC1(C(=O)Nc2cccc(CN3CCCC3)c2)CC1(Cl)Cl. The van der Waals surface area contributed by atoms with E-state index in [1.165, 1.54) is 18.4 Å². The van der Waals surface area contributed by atoms with Gasteiger partial charge in [-0.2, -0.15) is 0 Å². The molecule has 5 heteroatoms. The molecule has 1 unspecified atom stereocenters. The minimum absolute atomic E-state index is 0.106. The largest absolute Gasteiger partial charge is 0.326 e. The molecule has 2 fully saturated rings. The van der Waals surface area contributed by atoms with Crippen molar-refractivity contribution in [1.29, 1.82) is 0 Å². The number of carbonyl (C=O) groups excluding carboxylic acids is 1. The van der Waals surface area contributed by atoms with Crippen LogP contribution in [0.3, 0.4) is 0 Å². The number of halogens is 2. The van der Waals surface area contributed by atoms with Crippen LogP contribution in [0.5, 0.6) is 0 Å². The van der Waals surface area contributed by atoms with Crippen LogP contribution >= 0.6 is 23.2 Å². The minimum Gasteiger partial charge on any atom is -0.326 e. The van der Waals surface area contributed by atoms with Crippen LogP contribution in [-0.4, -0.2) is 28.2 Å². The average Bonchev–Trinajstić information content (AvgIpc) is 2.79. The number of benzene rings is 1. The topological polar surface area (TPSA) is 32.3 Å². The summed E-state index contributed by atoms with van der Waals surface area (Å²) >= 11 is 12.1. The third kappa shape index (κ3) is 3.05. The second-order valence-corrected chi connectivity index (χ2v) is 7.84. The molecule has 114 valence electrons. The van der Waals surface area contributed by atoms with Crippen molar-refractivity contribution in [2.75, 3.05) is 18.4 Å². The quantitative estimate of drug-likeness (QED) is 0.853. The van der Waals surface area contributed by atoms with E-state index < -0.39 is 9.75 Å². The number of rotatable bonds is 4. The van der Waals surface area contributed by atoms with Gasteiger partial charge in [0.1, 0.15) is 4.33 Å². The minimum atomic E-state index is -0.926. The van der Waals surface area contributed by atoms with Gasteiger partial charge >= 0.3 is 0 Å². The summed E-state index contributed by atoms with van der Waals surface area (Å²) in [6.45, 7) is 5.07. The number of nitrogens with one attached hydrogen (secondary N) is 1. The number of hydrogen-bond donors (Lipinski definition) is 1. The van der Waals surface area contributed by atoms with Crippen molar-refractivity contribution < 1.29 is 4.79 Å². The Morgan fingerprint density at radius 2 is 2.00 bits per heavy atom. The van der Waals surface area contributed by atoms with Gasteiger partial charge in [-0.25, -0.2) is 0 Å². The van der Waals surface area contributed by atoms with Crippen LogP contribution in [0.1, 0.15) is 31.7 Å². The van der Waals surface area contributed by atoms with E-state index in [2.05, 4.69) is 16.3 Å². The van der Waals surface area contributed by atoms with E-state index in [-0.39, 0.29) is 5.91 Å². The molecule has 0 aromatic heterocycles. The Morgan fingerprint density at radius 3 is 2.62 bits per heavy atom. The predicted molar refractivity (Wildman–Crippen MR) is 86.7 cm³/mol. The normalized spacial score (nSPS) is 27.6. The molecule has 1 aromatic carbocycles. The van der Waals surface area contributed by atoms with E-state index in [0.717, 1.165) is 25.3 Å². The van der Waals surface area contributed by atoms with E-state index >= 15 is 0 Å². The van der Waals surface area contributed by atoms with E-state index in [9.17, 15) is 4.79 Å². The maximum absolute atomic E-state index is 12.3. The first-order valence-electron chi connectivity index (χ1n) is 7.41. The molecule has 0 spiro atoms. The molecule has 1 atom stereocenters. The highest BCUT2D eigenvalue weighted by atomic mass is 35.5. The second-order valence-electron chi connectivity index (χ2n) is 6.35. The standard InChI is InChI=1S/C16H20Cl2N2O/c1-15(11-16(15,17)18)14(21)19-13-6-4-5-12(9-13)10-20-7-2-3-8-20/h4-6,9H,2-3,7-8,10-11H2,1H3,(H,19,21). The molecule has 21 heavy (non-hydrogen) atoms. The summed E-state index contributed by atoms with van der Waals surface area (Å²) in [5, 5.41) is 2.94. The number of alkyl halides is 2. The molecule has 0 radical (unpaired) electrons. The maximum Gasteiger partial charge on any atom is 0.233 e. The lowest BCUT2D eigenvalue weighted by atomic mass is 10.1. The van der Waals surface area contributed by atoms with Crippen molar-refractivity contribution in [2.24, 2.45) is 5.41 Å². The van der Waals surface area contributed by atoms with Crippen molar-refractivity contribution >= 4 is 34.8 Å². The molecule has 1 saturated heterocycles. The molecule has 0 bridgehead atoms. The summed E-state index contributed by atoms with van der Waals surface area (Å²) in [7, 11) is 0. The summed E-state index contributed by atoms with van der Waals surface area (Å²) < 4.78 is -0.926. The Kier molecular flexibility index (Phi) is 3.93. The summed E-state index contributed by atoms with van der Waals surface area (Å²) in [5.74, 6) is -0.106. The van der Waals surface area contributed by atoms with Crippen molar-refractivity contribution in [2.45, 2.75) is 37.1 Å². The first-order valence-corrected chi connectivity index (χ1v) is 8.17. The highest BCUT2D eigenvalue weighted by Gasteiger charge is 2.67. The number of carbonyl (C=O) groups is 1. The fraction of sp³-hybridized carbons (Fsp3) is 0.562. The van der Waals surface area contributed by atoms with Crippen LogP contribution in [0.25, 0.3) is 0 Å². The van der Waals surface area contributed by atoms with Crippen molar-refractivity contribution in [3.63, 3.8) is 0 Å². The Labute approximate surface area is 135 Å². The zero-order chi connectivity index (χ0) is 15.1.